The third kappa shape index (κ3) is 47.3. The Morgan fingerprint density at radius 1 is 0.439 bits per heavy atom. The van der Waals surface area contributed by atoms with E-state index in [2.05, 4.69) is 30.5 Å². The largest absolute Gasteiger partial charge is 0.469 e. The van der Waals surface area contributed by atoms with Crippen molar-refractivity contribution < 1.29 is 37.9 Å². The number of carbonyl (C=O) groups excluding carboxylic acids is 2. The lowest BCUT2D eigenvalue weighted by atomic mass is 10.0. The average Bonchev–Trinajstić information content (AvgIpc) is 3.18. The Labute approximate surface area is 352 Å². The fraction of sp³-hybridized carbons (Fsp3) is 0.917. The summed E-state index contributed by atoms with van der Waals surface area (Å²) in [5.41, 5.74) is 0. The molecule has 0 saturated heterocycles. The van der Waals surface area contributed by atoms with Crippen LogP contribution in [0, 0.1) is 0 Å². The molecule has 0 bridgehead atoms. The molecule has 0 amide bonds. The highest BCUT2D eigenvalue weighted by Crippen LogP contribution is 2.36. The van der Waals surface area contributed by atoms with E-state index in [0.717, 1.165) is 38.5 Å². The smallest absolute Gasteiger partial charge is 0.462 e. The first-order chi connectivity index (χ1) is 27.8. The van der Waals surface area contributed by atoms with Crippen LogP contribution in [0.3, 0.4) is 0 Å². The van der Waals surface area contributed by atoms with Crippen molar-refractivity contribution in [1.82, 2.24) is 0 Å². The highest BCUT2D eigenvalue weighted by molar-refractivity contribution is 7.46. The Morgan fingerprint density at radius 2 is 0.737 bits per heavy atom. The molecule has 1 atom stereocenters. The zero-order valence-corrected chi connectivity index (χ0v) is 38.4. The van der Waals surface area contributed by atoms with Gasteiger partial charge in [0.05, 0.1) is 6.61 Å². The first kappa shape index (κ1) is 55.8. The van der Waals surface area contributed by atoms with Gasteiger partial charge in [0.1, 0.15) is 6.61 Å². The molecular weight excluding hydrogens is 735 g/mol. The van der Waals surface area contributed by atoms with Crippen LogP contribution in [-0.4, -0.2) is 41.0 Å². The molecule has 0 fully saturated rings. The zero-order valence-electron chi connectivity index (χ0n) is 37.5. The molecule has 1 unspecified atom stereocenters. The molecule has 8 nitrogen and oxygen atoms in total. The van der Waals surface area contributed by atoms with Gasteiger partial charge in [-0.2, -0.15) is 0 Å². The third-order valence-corrected chi connectivity index (χ3v) is 11.5. The lowest BCUT2D eigenvalue weighted by Gasteiger charge is -2.18. The van der Waals surface area contributed by atoms with Crippen LogP contribution in [0.25, 0.3) is 0 Å². The maximum absolute atomic E-state index is 12.5. The lowest BCUT2D eigenvalue weighted by molar-refractivity contribution is -0.161. The topological polar surface area (TPSA) is 119 Å². The number of esters is 2. The zero-order chi connectivity index (χ0) is 41.8. The summed E-state index contributed by atoms with van der Waals surface area (Å²) >= 11 is 0. The van der Waals surface area contributed by atoms with E-state index >= 15 is 0 Å². The number of unbranched alkanes of at least 4 members (excludes halogenated alkanes) is 34. The predicted octanol–water partition coefficient (Wildman–Crippen LogP) is 15.4. The molecule has 2 N–H and O–H groups in total. The first-order valence-corrected chi connectivity index (χ1v) is 26.0. The van der Waals surface area contributed by atoms with E-state index in [1.807, 2.05) is 0 Å². The Balaban J connectivity index is 3.80. The van der Waals surface area contributed by atoms with Gasteiger partial charge in [-0.3, -0.25) is 14.1 Å². The van der Waals surface area contributed by atoms with E-state index in [-0.39, 0.29) is 19.4 Å². The average molecular weight is 829 g/mol. The number of phosphoric acid groups is 1. The fourth-order valence-corrected chi connectivity index (χ4v) is 7.73. The summed E-state index contributed by atoms with van der Waals surface area (Å²) in [7, 11) is -4.75. The maximum Gasteiger partial charge on any atom is 0.469 e. The van der Waals surface area contributed by atoms with E-state index < -0.39 is 32.5 Å². The minimum Gasteiger partial charge on any atom is -0.462 e. The summed E-state index contributed by atoms with van der Waals surface area (Å²) in [6.07, 6.45) is 50.8. The number of hydrogen-bond acceptors (Lipinski definition) is 6. The van der Waals surface area contributed by atoms with Crippen molar-refractivity contribution in [2.24, 2.45) is 0 Å². The van der Waals surface area contributed by atoms with Crippen LogP contribution < -0.4 is 0 Å². The molecule has 0 aromatic rings. The van der Waals surface area contributed by atoms with E-state index in [9.17, 15) is 14.2 Å². The lowest BCUT2D eigenvalue weighted by Crippen LogP contribution is -2.29. The van der Waals surface area contributed by atoms with Crippen LogP contribution in [0.15, 0.2) is 12.2 Å². The van der Waals surface area contributed by atoms with Crippen molar-refractivity contribution in [3.63, 3.8) is 0 Å². The van der Waals surface area contributed by atoms with Gasteiger partial charge in [-0.15, -0.1) is 0 Å². The number of rotatable bonds is 46. The van der Waals surface area contributed by atoms with Crippen LogP contribution >= 0.6 is 7.82 Å². The van der Waals surface area contributed by atoms with E-state index in [1.54, 1.807) is 0 Å². The normalized spacial score (nSPS) is 12.4. The Kier molecular flexibility index (Phi) is 43.4. The van der Waals surface area contributed by atoms with Gasteiger partial charge >= 0.3 is 19.8 Å². The molecule has 0 spiro atoms. The summed E-state index contributed by atoms with van der Waals surface area (Å²) in [4.78, 5) is 43.0. The third-order valence-electron chi connectivity index (χ3n) is 11.0. The Morgan fingerprint density at radius 3 is 1.07 bits per heavy atom. The van der Waals surface area contributed by atoms with Crippen LogP contribution in [0.5, 0.6) is 0 Å². The minimum atomic E-state index is -4.75. The molecule has 9 heteroatoms. The monoisotopic (exact) mass is 829 g/mol. The summed E-state index contributed by atoms with van der Waals surface area (Å²) in [6.45, 7) is 3.73. The van der Waals surface area contributed by atoms with Crippen LogP contribution in [0.1, 0.15) is 264 Å². The maximum atomic E-state index is 12.5. The van der Waals surface area contributed by atoms with Gasteiger partial charge in [0.2, 0.25) is 0 Å². The second-order valence-corrected chi connectivity index (χ2v) is 18.0. The van der Waals surface area contributed by atoms with Crippen LogP contribution in [-0.2, 0) is 28.2 Å². The van der Waals surface area contributed by atoms with Crippen molar-refractivity contribution in [2.45, 2.75) is 270 Å². The van der Waals surface area contributed by atoms with Crippen LogP contribution in [0.2, 0.25) is 0 Å². The van der Waals surface area contributed by atoms with Crippen molar-refractivity contribution >= 4 is 19.8 Å². The highest BCUT2D eigenvalue weighted by atomic mass is 31.2. The highest BCUT2D eigenvalue weighted by Gasteiger charge is 2.23. The van der Waals surface area contributed by atoms with Crippen LogP contribution in [0.4, 0.5) is 0 Å². The molecule has 0 saturated carbocycles. The summed E-state index contributed by atoms with van der Waals surface area (Å²) in [5.74, 6) is -0.870. The van der Waals surface area contributed by atoms with Gasteiger partial charge in [-0.1, -0.05) is 225 Å². The molecule has 0 radical (unpaired) electrons. The van der Waals surface area contributed by atoms with E-state index in [0.29, 0.717) is 6.42 Å². The molecule has 0 rings (SSSR count). The summed E-state index contributed by atoms with van der Waals surface area (Å²) < 4.78 is 26.5. The molecule has 0 heterocycles. The SMILES string of the molecule is CCCCCCCCCC/C=C\CCCCCCCCCCCC(=O)OC(COC(=O)CCCCCCCCCCCCCCCCCCCC)COP(=O)(O)O. The van der Waals surface area contributed by atoms with Crippen molar-refractivity contribution in [3.05, 3.63) is 12.2 Å². The Hall–Kier alpha value is -1.21. The van der Waals surface area contributed by atoms with Crippen molar-refractivity contribution in [3.8, 4) is 0 Å². The van der Waals surface area contributed by atoms with Gasteiger partial charge in [0.25, 0.3) is 0 Å². The van der Waals surface area contributed by atoms with Crippen molar-refractivity contribution in [1.29, 1.82) is 0 Å². The second-order valence-electron chi connectivity index (χ2n) is 16.8. The quantitative estimate of drug-likeness (QED) is 0.0269. The number of allylic oxidation sites excluding steroid dienone is 2. The molecular formula is C48H93O8P. The van der Waals surface area contributed by atoms with E-state index in [4.69, 9.17) is 19.3 Å². The molecule has 0 aliphatic carbocycles. The first-order valence-electron chi connectivity index (χ1n) is 24.5. The predicted molar refractivity (Wildman–Crippen MR) is 239 cm³/mol. The summed E-state index contributed by atoms with van der Waals surface area (Å²) in [6, 6.07) is 0. The standard InChI is InChI=1S/C48H93O8P/c1-3-5-7-9-11-13-15-17-19-21-23-24-25-27-29-31-33-35-37-39-41-43-48(50)56-46(45-55-57(51,52)53)44-54-47(49)42-40-38-36-34-32-30-28-26-22-20-18-16-14-12-10-8-6-4-2/h21,23,46H,3-20,22,24-45H2,1-2H3,(H2,51,52,53)/b23-21-. The van der Waals surface area contributed by atoms with Crippen molar-refractivity contribution in [2.75, 3.05) is 13.2 Å². The van der Waals surface area contributed by atoms with Gasteiger partial charge in [0, 0.05) is 12.8 Å². The number of hydrogen-bond donors (Lipinski definition) is 2. The molecule has 0 aromatic carbocycles. The van der Waals surface area contributed by atoms with E-state index in [1.165, 1.54) is 193 Å². The molecule has 0 aliphatic rings. The molecule has 57 heavy (non-hydrogen) atoms. The molecule has 0 aliphatic heterocycles. The van der Waals surface area contributed by atoms with Gasteiger partial charge < -0.3 is 19.3 Å². The van der Waals surface area contributed by atoms with Gasteiger partial charge in [-0.05, 0) is 38.5 Å². The van der Waals surface area contributed by atoms with Gasteiger partial charge in [0.15, 0.2) is 6.10 Å². The summed E-state index contributed by atoms with van der Waals surface area (Å²) in [5, 5.41) is 0. The molecule has 338 valence electrons. The molecule has 0 aromatic heterocycles. The second kappa shape index (κ2) is 44.3. The van der Waals surface area contributed by atoms with Gasteiger partial charge in [-0.25, -0.2) is 4.57 Å². The fourth-order valence-electron chi connectivity index (χ4n) is 7.37. The number of phosphoric ester groups is 1. The number of carbonyl (C=O) groups is 2. The Bertz CT molecular complexity index is 935. The minimum absolute atomic E-state index is 0.215. The number of ether oxygens (including phenoxy) is 2.